The number of rotatable bonds is 4. The standard InChI is InChI=1S/C21H22FN5O2/c1-13-10-19(27(24-13)16-8-9-29-12-16)23-21(28)20-17-6-3-7-18(17)26(25-20)15-5-2-4-14(22)11-15/h2,4-5,10-11,16H,3,6-9,12H2,1H3,(H,23,28)/t16-/m1/s1. The average molecular weight is 395 g/mol. The number of nitrogens with zero attached hydrogens (tertiary/aromatic N) is 4. The Balaban J connectivity index is 1.48. The Morgan fingerprint density at radius 2 is 2.17 bits per heavy atom. The van der Waals surface area contributed by atoms with E-state index >= 15 is 0 Å². The summed E-state index contributed by atoms with van der Waals surface area (Å²) >= 11 is 0. The zero-order chi connectivity index (χ0) is 20.0. The summed E-state index contributed by atoms with van der Waals surface area (Å²) in [6.07, 6.45) is 3.44. The monoisotopic (exact) mass is 395 g/mol. The number of benzene rings is 1. The number of fused-ring (bicyclic) bond motifs is 1. The zero-order valence-electron chi connectivity index (χ0n) is 16.2. The zero-order valence-corrected chi connectivity index (χ0v) is 16.2. The van der Waals surface area contributed by atoms with Crippen molar-refractivity contribution in [2.75, 3.05) is 18.5 Å². The van der Waals surface area contributed by atoms with Gasteiger partial charge in [-0.3, -0.25) is 4.79 Å². The van der Waals surface area contributed by atoms with Crippen LogP contribution in [0.5, 0.6) is 0 Å². The summed E-state index contributed by atoms with van der Waals surface area (Å²) in [6.45, 7) is 3.19. The number of carbonyl (C=O) groups is 1. The number of nitrogens with one attached hydrogen (secondary N) is 1. The van der Waals surface area contributed by atoms with Crippen LogP contribution in [0.3, 0.4) is 0 Å². The topological polar surface area (TPSA) is 74.0 Å². The normalized spacial score (nSPS) is 18.2. The number of halogens is 1. The minimum Gasteiger partial charge on any atom is -0.379 e. The number of aromatic nitrogens is 4. The first kappa shape index (κ1) is 18.1. The highest BCUT2D eigenvalue weighted by Gasteiger charge is 2.28. The third kappa shape index (κ3) is 3.23. The number of hydrogen-bond acceptors (Lipinski definition) is 4. The van der Waals surface area contributed by atoms with E-state index < -0.39 is 0 Å². The molecule has 150 valence electrons. The Morgan fingerprint density at radius 3 is 2.97 bits per heavy atom. The number of hydrogen-bond donors (Lipinski definition) is 1. The highest BCUT2D eigenvalue weighted by Crippen LogP contribution is 2.29. The van der Waals surface area contributed by atoms with Gasteiger partial charge in [0.2, 0.25) is 0 Å². The summed E-state index contributed by atoms with van der Waals surface area (Å²) in [5, 5.41) is 12.1. The first-order valence-corrected chi connectivity index (χ1v) is 9.92. The van der Waals surface area contributed by atoms with E-state index in [0.717, 1.165) is 42.6 Å². The van der Waals surface area contributed by atoms with Gasteiger partial charge in [-0.15, -0.1) is 0 Å². The molecule has 2 aromatic heterocycles. The van der Waals surface area contributed by atoms with Crippen LogP contribution in [-0.2, 0) is 17.6 Å². The number of aryl methyl sites for hydroxylation is 1. The molecule has 3 aromatic rings. The van der Waals surface area contributed by atoms with Crippen LogP contribution >= 0.6 is 0 Å². The highest BCUT2D eigenvalue weighted by molar-refractivity contribution is 6.03. The molecule has 1 atom stereocenters. The van der Waals surface area contributed by atoms with E-state index in [4.69, 9.17) is 4.74 Å². The van der Waals surface area contributed by atoms with Gasteiger partial charge < -0.3 is 10.1 Å². The predicted octanol–water partition coefficient (Wildman–Crippen LogP) is 3.22. The smallest absolute Gasteiger partial charge is 0.277 e. The largest absolute Gasteiger partial charge is 0.379 e. The van der Waals surface area contributed by atoms with Crippen molar-refractivity contribution in [1.82, 2.24) is 19.6 Å². The van der Waals surface area contributed by atoms with E-state index in [-0.39, 0.29) is 17.8 Å². The van der Waals surface area contributed by atoms with Crippen molar-refractivity contribution in [3.8, 4) is 5.69 Å². The third-order valence-electron chi connectivity index (χ3n) is 5.55. The molecule has 3 heterocycles. The van der Waals surface area contributed by atoms with Crippen molar-refractivity contribution >= 4 is 11.7 Å². The van der Waals surface area contributed by atoms with E-state index in [9.17, 15) is 9.18 Å². The molecule has 0 saturated carbocycles. The van der Waals surface area contributed by atoms with Gasteiger partial charge in [-0.25, -0.2) is 13.8 Å². The lowest BCUT2D eigenvalue weighted by atomic mass is 10.2. The summed E-state index contributed by atoms with van der Waals surface area (Å²) in [4.78, 5) is 13.1. The van der Waals surface area contributed by atoms with Crippen LogP contribution in [-0.4, -0.2) is 38.7 Å². The second-order valence-electron chi connectivity index (χ2n) is 7.61. The molecule has 7 nitrogen and oxygen atoms in total. The Morgan fingerprint density at radius 1 is 1.28 bits per heavy atom. The number of ether oxygens (including phenoxy) is 1. The molecule has 0 bridgehead atoms. The Kier molecular flexibility index (Phi) is 4.43. The Bertz CT molecular complexity index is 1080. The maximum atomic E-state index is 13.7. The van der Waals surface area contributed by atoms with E-state index in [1.807, 2.05) is 17.7 Å². The van der Waals surface area contributed by atoms with E-state index in [1.54, 1.807) is 16.8 Å². The SMILES string of the molecule is Cc1cc(NC(=O)c2nn(-c3cccc(F)c3)c3c2CCC3)n([C@@H]2CCOC2)n1. The first-order valence-electron chi connectivity index (χ1n) is 9.92. The van der Waals surface area contributed by atoms with Gasteiger partial charge in [0.25, 0.3) is 5.91 Å². The van der Waals surface area contributed by atoms with Crippen molar-refractivity contribution < 1.29 is 13.9 Å². The molecule has 8 heteroatoms. The molecule has 1 amide bonds. The summed E-state index contributed by atoms with van der Waals surface area (Å²) in [7, 11) is 0. The lowest BCUT2D eigenvalue weighted by Crippen LogP contribution is -2.20. The van der Waals surface area contributed by atoms with Crippen LogP contribution in [0.2, 0.25) is 0 Å². The second kappa shape index (κ2) is 7.11. The summed E-state index contributed by atoms with van der Waals surface area (Å²) in [5.41, 5.74) is 3.79. The average Bonchev–Trinajstić information content (AvgIpc) is 3.46. The van der Waals surface area contributed by atoms with Crippen LogP contribution in [0, 0.1) is 12.7 Å². The lowest BCUT2D eigenvalue weighted by Gasteiger charge is -2.13. The minimum absolute atomic E-state index is 0.120. The van der Waals surface area contributed by atoms with Crippen molar-refractivity contribution in [3.05, 3.63) is 58.8 Å². The van der Waals surface area contributed by atoms with Gasteiger partial charge in [0.1, 0.15) is 11.6 Å². The fourth-order valence-electron chi connectivity index (χ4n) is 4.22. The van der Waals surface area contributed by atoms with Gasteiger partial charge in [-0.05, 0) is 50.8 Å². The van der Waals surface area contributed by atoms with E-state index in [1.165, 1.54) is 12.1 Å². The molecule has 1 saturated heterocycles. The van der Waals surface area contributed by atoms with Crippen LogP contribution in [0.25, 0.3) is 5.69 Å². The summed E-state index contributed by atoms with van der Waals surface area (Å²) in [6, 6.07) is 8.27. The molecule has 1 aromatic carbocycles. The molecule has 0 radical (unpaired) electrons. The quantitative estimate of drug-likeness (QED) is 0.736. The number of carbonyl (C=O) groups excluding carboxylic acids is 1. The number of amides is 1. The third-order valence-corrected chi connectivity index (χ3v) is 5.55. The molecular weight excluding hydrogens is 373 g/mol. The predicted molar refractivity (Wildman–Crippen MR) is 105 cm³/mol. The van der Waals surface area contributed by atoms with Gasteiger partial charge in [-0.2, -0.15) is 10.2 Å². The van der Waals surface area contributed by atoms with Crippen molar-refractivity contribution in [3.63, 3.8) is 0 Å². The second-order valence-corrected chi connectivity index (χ2v) is 7.61. The molecule has 29 heavy (non-hydrogen) atoms. The fourth-order valence-corrected chi connectivity index (χ4v) is 4.22. The molecule has 1 aliphatic heterocycles. The maximum absolute atomic E-state index is 13.7. The Hall–Kier alpha value is -3.00. The fraction of sp³-hybridized carbons (Fsp3) is 0.381. The molecule has 2 aliphatic rings. The van der Waals surface area contributed by atoms with E-state index in [0.29, 0.717) is 30.4 Å². The van der Waals surface area contributed by atoms with Gasteiger partial charge in [0.15, 0.2) is 5.69 Å². The lowest BCUT2D eigenvalue weighted by molar-refractivity contribution is 0.101. The van der Waals surface area contributed by atoms with Gasteiger partial charge in [0.05, 0.1) is 24.0 Å². The van der Waals surface area contributed by atoms with Crippen LogP contribution in [0.4, 0.5) is 10.2 Å². The van der Waals surface area contributed by atoms with Gasteiger partial charge in [0, 0.05) is 23.9 Å². The van der Waals surface area contributed by atoms with Gasteiger partial charge in [-0.1, -0.05) is 6.07 Å². The van der Waals surface area contributed by atoms with E-state index in [2.05, 4.69) is 15.5 Å². The highest BCUT2D eigenvalue weighted by atomic mass is 19.1. The molecule has 1 aliphatic carbocycles. The van der Waals surface area contributed by atoms with Crippen LogP contribution < -0.4 is 5.32 Å². The molecule has 5 rings (SSSR count). The Labute approximate surface area is 167 Å². The molecule has 1 N–H and O–H groups in total. The van der Waals surface area contributed by atoms with Crippen molar-refractivity contribution in [2.24, 2.45) is 0 Å². The van der Waals surface area contributed by atoms with Crippen molar-refractivity contribution in [1.29, 1.82) is 0 Å². The molecule has 0 spiro atoms. The number of anilines is 1. The summed E-state index contributed by atoms with van der Waals surface area (Å²) < 4.78 is 22.7. The maximum Gasteiger partial charge on any atom is 0.277 e. The summed E-state index contributed by atoms with van der Waals surface area (Å²) in [5.74, 6) is 0.0577. The minimum atomic E-state index is -0.325. The first-order chi connectivity index (χ1) is 14.1. The van der Waals surface area contributed by atoms with Crippen LogP contribution in [0.15, 0.2) is 30.3 Å². The molecule has 1 fully saturated rings. The molecule has 0 unspecified atom stereocenters. The molecular formula is C21H22FN5O2. The van der Waals surface area contributed by atoms with Crippen LogP contribution in [0.1, 0.15) is 46.3 Å². The van der Waals surface area contributed by atoms with Crippen molar-refractivity contribution in [2.45, 2.75) is 38.6 Å². The van der Waals surface area contributed by atoms with Gasteiger partial charge >= 0.3 is 0 Å².